The topological polar surface area (TPSA) is 78.1 Å². The number of aromatic amines is 1. The van der Waals surface area contributed by atoms with E-state index in [0.717, 1.165) is 12.0 Å². The monoisotopic (exact) mass is 482 g/mol. The minimum Gasteiger partial charge on any atom is -0.350 e. The number of aromatic nitrogens is 2. The maximum atomic E-state index is 14.3. The average molecular weight is 483 g/mol. The first kappa shape index (κ1) is 21.6. The van der Waals surface area contributed by atoms with Crippen LogP contribution in [0, 0.1) is 5.82 Å². The molecule has 4 aromatic rings. The first-order chi connectivity index (χ1) is 16.0. The van der Waals surface area contributed by atoms with Crippen LogP contribution in [-0.4, -0.2) is 28.5 Å². The Balaban J connectivity index is 1.45. The van der Waals surface area contributed by atoms with Gasteiger partial charge in [0.25, 0.3) is 5.56 Å². The van der Waals surface area contributed by atoms with Crippen LogP contribution in [0.5, 0.6) is 0 Å². The van der Waals surface area contributed by atoms with Gasteiger partial charge in [0.1, 0.15) is 11.9 Å². The number of anilines is 1. The van der Waals surface area contributed by atoms with Crippen LogP contribution in [0.3, 0.4) is 0 Å². The van der Waals surface area contributed by atoms with E-state index in [1.165, 1.54) is 17.4 Å². The van der Waals surface area contributed by atoms with Crippen molar-refractivity contribution in [2.45, 2.75) is 25.4 Å². The van der Waals surface area contributed by atoms with Crippen LogP contribution in [0.2, 0.25) is 5.02 Å². The largest absolute Gasteiger partial charge is 0.350 e. The van der Waals surface area contributed by atoms with Crippen molar-refractivity contribution in [2.24, 2.45) is 0 Å². The van der Waals surface area contributed by atoms with E-state index >= 15 is 0 Å². The molecule has 0 spiro atoms. The lowest BCUT2D eigenvalue weighted by Gasteiger charge is -2.23. The third-order valence-corrected chi connectivity index (χ3v) is 7.34. The number of benzene rings is 2. The Morgan fingerprint density at radius 2 is 1.97 bits per heavy atom. The van der Waals surface area contributed by atoms with Crippen molar-refractivity contribution in [3.05, 3.63) is 81.4 Å². The molecule has 5 rings (SSSR count). The van der Waals surface area contributed by atoms with Crippen LogP contribution < -0.4 is 15.8 Å². The highest BCUT2D eigenvalue weighted by Crippen LogP contribution is 2.39. The molecule has 1 atom stereocenters. The lowest BCUT2D eigenvalue weighted by Crippen LogP contribution is -2.43. The molecule has 1 fully saturated rings. The Hall–Kier alpha value is -3.23. The maximum Gasteiger partial charge on any atom is 0.275 e. The van der Waals surface area contributed by atoms with Gasteiger partial charge in [-0.3, -0.25) is 9.59 Å². The summed E-state index contributed by atoms with van der Waals surface area (Å²) in [4.78, 5) is 34.8. The molecule has 0 aliphatic carbocycles. The SMILES string of the molecule is O=C(NCc1ccccc1)C1CCCN1c1nc2c(=O)[nH]c(-c3ccccc3F)c(Cl)c2s1. The predicted octanol–water partition coefficient (Wildman–Crippen LogP) is 4.73. The van der Waals surface area contributed by atoms with Gasteiger partial charge in [0.15, 0.2) is 10.6 Å². The molecule has 33 heavy (non-hydrogen) atoms. The van der Waals surface area contributed by atoms with Crippen molar-refractivity contribution >= 4 is 44.2 Å². The smallest absolute Gasteiger partial charge is 0.275 e. The first-order valence-corrected chi connectivity index (χ1v) is 11.8. The summed E-state index contributed by atoms with van der Waals surface area (Å²) in [6.07, 6.45) is 1.53. The standard InChI is InChI=1S/C24H20ClFN4O2S/c25-18-19(15-9-4-5-10-16(15)26)28-23(32)20-21(18)33-24(29-20)30-12-6-11-17(30)22(31)27-13-14-7-2-1-3-8-14/h1-5,7-10,17H,6,11-13H2,(H,27,31)(H,28,32). The normalized spacial score (nSPS) is 15.8. The van der Waals surface area contributed by atoms with Gasteiger partial charge in [-0.1, -0.05) is 65.4 Å². The molecule has 9 heteroatoms. The summed E-state index contributed by atoms with van der Waals surface area (Å²) in [6.45, 7) is 1.10. The number of hydrogen-bond acceptors (Lipinski definition) is 5. The van der Waals surface area contributed by atoms with E-state index in [2.05, 4.69) is 15.3 Å². The molecule has 0 bridgehead atoms. The Bertz CT molecular complexity index is 1390. The number of pyridine rings is 1. The average Bonchev–Trinajstić information content (AvgIpc) is 3.49. The zero-order valence-electron chi connectivity index (χ0n) is 17.5. The van der Waals surface area contributed by atoms with Crippen LogP contribution in [0.1, 0.15) is 18.4 Å². The van der Waals surface area contributed by atoms with Crippen molar-refractivity contribution in [2.75, 3.05) is 11.4 Å². The fourth-order valence-corrected chi connectivity index (χ4v) is 5.53. The predicted molar refractivity (Wildman–Crippen MR) is 129 cm³/mol. The summed E-state index contributed by atoms with van der Waals surface area (Å²) in [5, 5.41) is 3.79. The van der Waals surface area contributed by atoms with E-state index in [0.29, 0.717) is 29.3 Å². The number of thiazole rings is 1. The summed E-state index contributed by atoms with van der Waals surface area (Å²) in [7, 11) is 0. The fraction of sp³-hybridized carbons (Fsp3) is 0.208. The fourth-order valence-electron chi connectivity index (χ4n) is 4.10. The number of amides is 1. The van der Waals surface area contributed by atoms with Gasteiger partial charge in [0, 0.05) is 18.7 Å². The number of carbonyl (C=O) groups excluding carboxylic acids is 1. The number of carbonyl (C=O) groups is 1. The first-order valence-electron chi connectivity index (χ1n) is 10.6. The Labute approximate surface area is 198 Å². The molecular formula is C24H20ClFN4O2S. The zero-order chi connectivity index (χ0) is 22.9. The van der Waals surface area contributed by atoms with Crippen LogP contribution >= 0.6 is 22.9 Å². The molecule has 3 heterocycles. The molecule has 0 radical (unpaired) electrons. The molecular weight excluding hydrogens is 463 g/mol. The second kappa shape index (κ2) is 8.96. The van der Waals surface area contributed by atoms with Crippen LogP contribution in [0.4, 0.5) is 9.52 Å². The molecule has 1 unspecified atom stereocenters. The van der Waals surface area contributed by atoms with E-state index in [1.54, 1.807) is 18.2 Å². The van der Waals surface area contributed by atoms with Crippen molar-refractivity contribution in [1.29, 1.82) is 0 Å². The third kappa shape index (κ3) is 4.12. The number of halogens is 2. The summed E-state index contributed by atoms with van der Waals surface area (Å²) in [5.74, 6) is -0.559. The minimum absolute atomic E-state index is 0.0809. The van der Waals surface area contributed by atoms with Crippen molar-refractivity contribution < 1.29 is 9.18 Å². The highest BCUT2D eigenvalue weighted by atomic mass is 35.5. The summed E-state index contributed by atoms with van der Waals surface area (Å²) >= 11 is 7.84. The Morgan fingerprint density at radius 1 is 1.21 bits per heavy atom. The van der Waals surface area contributed by atoms with Crippen LogP contribution in [0.25, 0.3) is 21.5 Å². The van der Waals surface area contributed by atoms with Gasteiger partial charge >= 0.3 is 0 Å². The zero-order valence-corrected chi connectivity index (χ0v) is 19.0. The van der Waals surface area contributed by atoms with Gasteiger partial charge in [0.2, 0.25) is 5.91 Å². The summed E-state index contributed by atoms with van der Waals surface area (Å²) in [6, 6.07) is 15.5. The quantitative estimate of drug-likeness (QED) is 0.431. The lowest BCUT2D eigenvalue weighted by atomic mass is 10.1. The molecule has 0 saturated carbocycles. The van der Waals surface area contributed by atoms with E-state index in [9.17, 15) is 14.0 Å². The maximum absolute atomic E-state index is 14.3. The number of nitrogens with one attached hydrogen (secondary N) is 2. The van der Waals surface area contributed by atoms with Gasteiger partial charge in [-0.05, 0) is 30.5 Å². The summed E-state index contributed by atoms with van der Waals surface area (Å²) < 4.78 is 14.8. The van der Waals surface area contributed by atoms with Gasteiger partial charge in [-0.25, -0.2) is 9.37 Å². The van der Waals surface area contributed by atoms with Crippen molar-refractivity contribution in [3.8, 4) is 11.3 Å². The van der Waals surface area contributed by atoms with Crippen molar-refractivity contribution in [1.82, 2.24) is 15.3 Å². The highest BCUT2D eigenvalue weighted by Gasteiger charge is 2.33. The Morgan fingerprint density at radius 3 is 2.76 bits per heavy atom. The second-order valence-electron chi connectivity index (χ2n) is 7.85. The molecule has 2 aromatic carbocycles. The van der Waals surface area contributed by atoms with Crippen molar-refractivity contribution in [3.63, 3.8) is 0 Å². The van der Waals surface area contributed by atoms with E-state index in [4.69, 9.17) is 11.6 Å². The van der Waals surface area contributed by atoms with Gasteiger partial charge in [-0.2, -0.15) is 0 Å². The number of H-pyrrole nitrogens is 1. The lowest BCUT2D eigenvalue weighted by molar-refractivity contribution is -0.122. The molecule has 2 N–H and O–H groups in total. The summed E-state index contributed by atoms with van der Waals surface area (Å²) in [5.41, 5.74) is 1.21. The Kier molecular flexibility index (Phi) is 5.86. The molecule has 1 saturated heterocycles. The molecule has 168 valence electrons. The molecule has 1 aliphatic heterocycles. The third-order valence-electron chi connectivity index (χ3n) is 5.74. The number of hydrogen-bond donors (Lipinski definition) is 2. The van der Waals surface area contributed by atoms with Gasteiger partial charge in [0.05, 0.1) is 15.4 Å². The molecule has 1 aliphatic rings. The number of nitrogens with zero attached hydrogens (tertiary/aromatic N) is 2. The minimum atomic E-state index is -0.478. The number of fused-ring (bicyclic) bond motifs is 1. The second-order valence-corrected chi connectivity index (χ2v) is 9.21. The van der Waals surface area contributed by atoms with E-state index in [1.807, 2.05) is 35.2 Å². The van der Waals surface area contributed by atoms with Gasteiger partial charge in [-0.15, -0.1) is 0 Å². The highest BCUT2D eigenvalue weighted by molar-refractivity contribution is 7.22. The molecule has 6 nitrogen and oxygen atoms in total. The van der Waals surface area contributed by atoms with Gasteiger partial charge < -0.3 is 15.2 Å². The van der Waals surface area contributed by atoms with Crippen LogP contribution in [-0.2, 0) is 11.3 Å². The van der Waals surface area contributed by atoms with E-state index in [-0.39, 0.29) is 33.7 Å². The molecule has 2 aromatic heterocycles. The molecule has 1 amide bonds. The number of rotatable bonds is 5. The van der Waals surface area contributed by atoms with Crippen LogP contribution in [0.15, 0.2) is 59.4 Å². The van der Waals surface area contributed by atoms with E-state index < -0.39 is 11.4 Å².